The van der Waals surface area contributed by atoms with Crippen LogP contribution >= 0.6 is 43.5 Å². The zero-order valence-electron chi connectivity index (χ0n) is 11.3. The zero-order chi connectivity index (χ0) is 14.9. The molecular weight excluding hydrogens is 405 g/mol. The van der Waals surface area contributed by atoms with E-state index in [0.717, 1.165) is 38.9 Å². The molecule has 3 nitrogen and oxygen atoms in total. The van der Waals surface area contributed by atoms with Crippen molar-refractivity contribution >= 4 is 43.5 Å². The van der Waals surface area contributed by atoms with Crippen molar-refractivity contribution in [1.29, 1.82) is 0 Å². The minimum atomic E-state index is -0.0960. The van der Waals surface area contributed by atoms with Gasteiger partial charge in [0.1, 0.15) is 0 Å². The number of nitrogens with two attached hydrogens (primary N) is 1. The molecule has 2 rings (SSSR count). The number of hydrogen-bond acceptors (Lipinski definition) is 2. The molecule has 0 saturated carbocycles. The van der Waals surface area contributed by atoms with Crippen LogP contribution < -0.4 is 5.73 Å². The van der Waals surface area contributed by atoms with Crippen LogP contribution in [-0.4, -0.2) is 9.78 Å². The van der Waals surface area contributed by atoms with Gasteiger partial charge in [-0.15, -0.1) is 0 Å². The molecule has 1 heterocycles. The number of aryl methyl sites for hydroxylation is 2. The third kappa shape index (κ3) is 3.27. The summed E-state index contributed by atoms with van der Waals surface area (Å²) >= 11 is 13.0. The lowest BCUT2D eigenvalue weighted by Gasteiger charge is -2.14. The SMILES string of the molecule is CCn1nc(C)c(Br)c1CC(N)c1ccc(Cl)c(Br)c1. The van der Waals surface area contributed by atoms with Gasteiger partial charge in [-0.1, -0.05) is 17.7 Å². The Balaban J connectivity index is 2.27. The highest BCUT2D eigenvalue weighted by Crippen LogP contribution is 2.29. The molecule has 0 aliphatic heterocycles. The van der Waals surface area contributed by atoms with Gasteiger partial charge in [0, 0.05) is 23.5 Å². The number of halogens is 3. The molecule has 0 amide bonds. The van der Waals surface area contributed by atoms with Crippen LogP contribution in [0.15, 0.2) is 27.1 Å². The lowest BCUT2D eigenvalue weighted by molar-refractivity contribution is 0.586. The molecule has 0 bridgehead atoms. The van der Waals surface area contributed by atoms with Gasteiger partial charge in [-0.3, -0.25) is 4.68 Å². The molecule has 0 spiro atoms. The molecule has 1 aromatic carbocycles. The summed E-state index contributed by atoms with van der Waals surface area (Å²) in [5, 5.41) is 5.18. The fourth-order valence-electron chi connectivity index (χ4n) is 2.13. The Hall–Kier alpha value is -0.360. The Morgan fingerprint density at radius 2 is 2.10 bits per heavy atom. The summed E-state index contributed by atoms with van der Waals surface area (Å²) in [5.74, 6) is 0. The number of hydrogen-bond donors (Lipinski definition) is 1. The van der Waals surface area contributed by atoms with Gasteiger partial charge in [-0.25, -0.2) is 0 Å². The number of benzene rings is 1. The maximum Gasteiger partial charge on any atom is 0.0738 e. The predicted molar refractivity (Wildman–Crippen MR) is 90.1 cm³/mol. The van der Waals surface area contributed by atoms with Crippen LogP contribution in [-0.2, 0) is 13.0 Å². The van der Waals surface area contributed by atoms with Gasteiger partial charge in [0.25, 0.3) is 0 Å². The van der Waals surface area contributed by atoms with Gasteiger partial charge in [0.05, 0.1) is 20.9 Å². The fraction of sp³-hybridized carbons (Fsp3) is 0.357. The average Bonchev–Trinajstić information content (AvgIpc) is 2.69. The summed E-state index contributed by atoms with van der Waals surface area (Å²) in [5.41, 5.74) is 9.49. The molecule has 0 aliphatic rings. The van der Waals surface area contributed by atoms with Crippen molar-refractivity contribution in [2.45, 2.75) is 32.9 Å². The molecule has 0 fully saturated rings. The van der Waals surface area contributed by atoms with Gasteiger partial charge < -0.3 is 5.73 Å². The van der Waals surface area contributed by atoms with Crippen molar-refractivity contribution < 1.29 is 0 Å². The molecule has 6 heteroatoms. The van der Waals surface area contributed by atoms with Crippen LogP contribution in [0.5, 0.6) is 0 Å². The van der Waals surface area contributed by atoms with E-state index in [9.17, 15) is 0 Å². The van der Waals surface area contributed by atoms with Gasteiger partial charge in [-0.05, 0) is 63.4 Å². The largest absolute Gasteiger partial charge is 0.324 e. The van der Waals surface area contributed by atoms with E-state index in [1.165, 1.54) is 0 Å². The van der Waals surface area contributed by atoms with E-state index in [2.05, 4.69) is 43.9 Å². The van der Waals surface area contributed by atoms with Crippen LogP contribution in [0.25, 0.3) is 0 Å². The van der Waals surface area contributed by atoms with Crippen molar-refractivity contribution in [3.05, 3.63) is 49.1 Å². The van der Waals surface area contributed by atoms with Crippen LogP contribution in [0, 0.1) is 6.92 Å². The predicted octanol–water partition coefficient (Wildman–Crippen LogP) is 4.63. The van der Waals surface area contributed by atoms with Crippen molar-refractivity contribution in [3.63, 3.8) is 0 Å². The van der Waals surface area contributed by atoms with Crippen molar-refractivity contribution in [3.8, 4) is 0 Å². The quantitative estimate of drug-likeness (QED) is 0.782. The first-order valence-electron chi connectivity index (χ1n) is 6.36. The third-order valence-corrected chi connectivity index (χ3v) is 5.48. The van der Waals surface area contributed by atoms with E-state index < -0.39 is 0 Å². The Morgan fingerprint density at radius 3 is 2.70 bits per heavy atom. The molecule has 108 valence electrons. The van der Waals surface area contributed by atoms with E-state index in [1.54, 1.807) is 0 Å². The van der Waals surface area contributed by atoms with Gasteiger partial charge in [-0.2, -0.15) is 5.10 Å². The van der Waals surface area contributed by atoms with Gasteiger partial charge in [0.15, 0.2) is 0 Å². The van der Waals surface area contributed by atoms with E-state index in [-0.39, 0.29) is 6.04 Å². The first-order chi connectivity index (χ1) is 9.43. The molecule has 1 unspecified atom stereocenters. The van der Waals surface area contributed by atoms with E-state index in [0.29, 0.717) is 5.02 Å². The molecule has 2 N–H and O–H groups in total. The Morgan fingerprint density at radius 1 is 1.40 bits per heavy atom. The third-order valence-electron chi connectivity index (χ3n) is 3.24. The Kier molecular flexibility index (Phi) is 5.29. The summed E-state index contributed by atoms with van der Waals surface area (Å²) in [4.78, 5) is 0. The summed E-state index contributed by atoms with van der Waals surface area (Å²) in [6, 6.07) is 5.70. The molecule has 0 saturated heterocycles. The van der Waals surface area contributed by atoms with Crippen LogP contribution in [0.3, 0.4) is 0 Å². The van der Waals surface area contributed by atoms with Gasteiger partial charge in [0.2, 0.25) is 0 Å². The Bertz CT molecular complexity index is 625. The van der Waals surface area contributed by atoms with E-state index in [4.69, 9.17) is 17.3 Å². The molecule has 0 aliphatic carbocycles. The summed E-state index contributed by atoms with van der Waals surface area (Å²) < 4.78 is 3.90. The minimum absolute atomic E-state index is 0.0960. The molecule has 0 radical (unpaired) electrons. The number of aromatic nitrogens is 2. The maximum atomic E-state index is 6.32. The van der Waals surface area contributed by atoms with E-state index >= 15 is 0 Å². The maximum absolute atomic E-state index is 6.32. The average molecular weight is 422 g/mol. The topological polar surface area (TPSA) is 43.8 Å². The van der Waals surface area contributed by atoms with Crippen molar-refractivity contribution in [1.82, 2.24) is 9.78 Å². The molecule has 2 aromatic rings. The van der Waals surface area contributed by atoms with E-state index in [1.807, 2.05) is 29.8 Å². The second kappa shape index (κ2) is 6.60. The number of nitrogens with zero attached hydrogens (tertiary/aromatic N) is 2. The Labute approximate surface area is 140 Å². The smallest absolute Gasteiger partial charge is 0.0738 e. The second-order valence-electron chi connectivity index (χ2n) is 4.65. The van der Waals surface area contributed by atoms with Crippen molar-refractivity contribution in [2.75, 3.05) is 0 Å². The van der Waals surface area contributed by atoms with Crippen LogP contribution in [0.1, 0.15) is 29.9 Å². The lowest BCUT2D eigenvalue weighted by Crippen LogP contribution is -2.16. The number of rotatable bonds is 4. The zero-order valence-corrected chi connectivity index (χ0v) is 15.3. The van der Waals surface area contributed by atoms with Crippen LogP contribution in [0.4, 0.5) is 0 Å². The normalized spacial score (nSPS) is 12.7. The lowest BCUT2D eigenvalue weighted by atomic mass is 10.0. The molecule has 1 atom stereocenters. The standard InChI is InChI=1S/C14H16Br2ClN3/c1-3-20-13(14(16)8(2)19-20)7-12(18)9-4-5-11(17)10(15)6-9/h4-6,12H,3,7,18H2,1-2H3. The van der Waals surface area contributed by atoms with Crippen LogP contribution in [0.2, 0.25) is 5.02 Å². The minimum Gasteiger partial charge on any atom is -0.324 e. The molecule has 1 aromatic heterocycles. The highest BCUT2D eigenvalue weighted by molar-refractivity contribution is 9.10. The second-order valence-corrected chi connectivity index (χ2v) is 6.70. The highest BCUT2D eigenvalue weighted by Gasteiger charge is 2.17. The highest BCUT2D eigenvalue weighted by atomic mass is 79.9. The summed E-state index contributed by atoms with van der Waals surface area (Å²) in [6.45, 7) is 4.90. The first-order valence-corrected chi connectivity index (χ1v) is 8.32. The van der Waals surface area contributed by atoms with Crippen molar-refractivity contribution in [2.24, 2.45) is 5.73 Å². The summed E-state index contributed by atoms with van der Waals surface area (Å²) in [7, 11) is 0. The first kappa shape index (κ1) is 16.0. The molecular formula is C14H16Br2ClN3. The van der Waals surface area contributed by atoms with Gasteiger partial charge >= 0.3 is 0 Å². The monoisotopic (exact) mass is 419 g/mol. The molecule has 20 heavy (non-hydrogen) atoms. The fourth-order valence-corrected chi connectivity index (χ4v) is 3.09. The summed E-state index contributed by atoms with van der Waals surface area (Å²) in [6.07, 6.45) is 0.726.